The van der Waals surface area contributed by atoms with E-state index in [9.17, 15) is 4.79 Å². The first-order valence-electron chi connectivity index (χ1n) is 8.54. The molecule has 0 spiro atoms. The van der Waals surface area contributed by atoms with Crippen LogP contribution in [0, 0.1) is 0 Å². The number of carbonyl (C=O) groups excluding carboxylic acids is 1. The summed E-state index contributed by atoms with van der Waals surface area (Å²) in [5.41, 5.74) is 4.50. The third-order valence-corrected chi connectivity index (χ3v) is 4.70. The van der Waals surface area contributed by atoms with E-state index in [1.165, 1.54) is 0 Å². The van der Waals surface area contributed by atoms with E-state index in [0.717, 1.165) is 21.2 Å². The topological polar surface area (TPSA) is 56.5 Å². The van der Waals surface area contributed by atoms with Crippen LogP contribution >= 0.6 is 15.9 Å². The van der Waals surface area contributed by atoms with Gasteiger partial charge in [-0.05, 0) is 24.6 Å². The minimum atomic E-state index is -0.412. The van der Waals surface area contributed by atoms with E-state index >= 15 is 0 Å². The molecule has 27 heavy (non-hydrogen) atoms. The van der Waals surface area contributed by atoms with Crippen molar-refractivity contribution in [3.63, 3.8) is 0 Å². The summed E-state index contributed by atoms with van der Waals surface area (Å²) >= 11 is 3.50. The van der Waals surface area contributed by atoms with E-state index in [1.807, 2.05) is 54.6 Å². The molecule has 0 aliphatic carbocycles. The second-order valence-corrected chi connectivity index (χ2v) is 6.83. The second kappa shape index (κ2) is 7.32. The van der Waals surface area contributed by atoms with Crippen molar-refractivity contribution in [3.8, 4) is 22.4 Å². The molecule has 0 amide bonds. The summed E-state index contributed by atoms with van der Waals surface area (Å²) in [5, 5.41) is 4.54. The number of hydrogen-bond acceptors (Lipinski definition) is 4. The molecule has 5 nitrogen and oxygen atoms in total. The van der Waals surface area contributed by atoms with Gasteiger partial charge in [-0.25, -0.2) is 14.3 Å². The summed E-state index contributed by atoms with van der Waals surface area (Å²) in [5.74, 6) is -0.412. The third kappa shape index (κ3) is 3.24. The highest BCUT2D eigenvalue weighted by Gasteiger charge is 2.21. The van der Waals surface area contributed by atoms with E-state index in [2.05, 4.69) is 26.0 Å². The van der Waals surface area contributed by atoms with Crippen LogP contribution < -0.4 is 0 Å². The number of halogens is 1. The summed E-state index contributed by atoms with van der Waals surface area (Å²) in [4.78, 5) is 17.0. The summed E-state index contributed by atoms with van der Waals surface area (Å²) in [6, 6.07) is 17.6. The van der Waals surface area contributed by atoms with E-state index in [-0.39, 0.29) is 0 Å². The highest BCUT2D eigenvalue weighted by atomic mass is 79.9. The molecule has 0 aliphatic heterocycles. The highest BCUT2D eigenvalue weighted by molar-refractivity contribution is 9.10. The zero-order chi connectivity index (χ0) is 18.8. The summed E-state index contributed by atoms with van der Waals surface area (Å²) in [6.45, 7) is 2.08. The lowest BCUT2D eigenvalue weighted by atomic mass is 10.1. The molecule has 0 atom stereocenters. The van der Waals surface area contributed by atoms with Crippen LogP contribution in [0.1, 0.15) is 17.3 Å². The van der Waals surface area contributed by atoms with Crippen molar-refractivity contribution in [1.82, 2.24) is 14.6 Å². The molecular formula is C21H16BrN3O2. The average Bonchev–Trinajstić information content (AvgIpc) is 3.12. The minimum absolute atomic E-state index is 0.299. The number of benzene rings is 2. The van der Waals surface area contributed by atoms with Gasteiger partial charge in [0.2, 0.25) is 0 Å². The Morgan fingerprint density at radius 3 is 2.59 bits per heavy atom. The van der Waals surface area contributed by atoms with Crippen LogP contribution in [0.2, 0.25) is 0 Å². The molecule has 0 radical (unpaired) electrons. The Morgan fingerprint density at radius 1 is 1.07 bits per heavy atom. The number of rotatable bonds is 4. The number of esters is 1. The Kier molecular flexibility index (Phi) is 4.73. The molecule has 2 aromatic carbocycles. The van der Waals surface area contributed by atoms with Crippen molar-refractivity contribution in [2.24, 2.45) is 0 Å². The molecule has 134 valence electrons. The summed E-state index contributed by atoms with van der Waals surface area (Å²) < 4.78 is 7.90. The smallest absolute Gasteiger partial charge is 0.341 e. The monoisotopic (exact) mass is 421 g/mol. The molecule has 0 saturated carbocycles. The van der Waals surface area contributed by atoms with Crippen LogP contribution in [0.5, 0.6) is 0 Å². The van der Waals surface area contributed by atoms with Gasteiger partial charge in [-0.3, -0.25) is 0 Å². The van der Waals surface area contributed by atoms with Gasteiger partial charge in [-0.2, -0.15) is 5.10 Å². The molecule has 2 aromatic heterocycles. The lowest BCUT2D eigenvalue weighted by molar-refractivity contribution is 0.0526. The zero-order valence-corrected chi connectivity index (χ0v) is 16.2. The zero-order valence-electron chi connectivity index (χ0n) is 14.6. The van der Waals surface area contributed by atoms with E-state index in [0.29, 0.717) is 23.5 Å². The predicted molar refractivity (Wildman–Crippen MR) is 108 cm³/mol. The van der Waals surface area contributed by atoms with Crippen molar-refractivity contribution >= 4 is 27.5 Å². The Morgan fingerprint density at radius 2 is 1.85 bits per heavy atom. The van der Waals surface area contributed by atoms with Gasteiger partial charge < -0.3 is 4.74 Å². The van der Waals surface area contributed by atoms with Crippen LogP contribution in [0.15, 0.2) is 71.5 Å². The Bertz CT molecular complexity index is 1120. The minimum Gasteiger partial charge on any atom is -0.462 e. The van der Waals surface area contributed by atoms with Crippen LogP contribution in [-0.2, 0) is 4.74 Å². The maximum atomic E-state index is 12.5. The largest absolute Gasteiger partial charge is 0.462 e. The molecule has 0 N–H and O–H groups in total. The molecule has 6 heteroatoms. The van der Waals surface area contributed by atoms with Crippen molar-refractivity contribution in [2.75, 3.05) is 6.61 Å². The number of fused-ring (bicyclic) bond motifs is 1. The quantitative estimate of drug-likeness (QED) is 0.435. The second-order valence-electron chi connectivity index (χ2n) is 5.91. The van der Waals surface area contributed by atoms with Crippen molar-refractivity contribution in [2.45, 2.75) is 6.92 Å². The SMILES string of the molecule is CCOC(=O)c1cnc2c(-c3cccc(Br)c3)cnn2c1-c1ccccc1. The van der Waals surface area contributed by atoms with E-state index < -0.39 is 5.97 Å². The Hall–Kier alpha value is -2.99. The predicted octanol–water partition coefficient (Wildman–Crippen LogP) is 5.00. The Labute approximate surface area is 164 Å². The average molecular weight is 422 g/mol. The number of nitrogens with zero attached hydrogens (tertiary/aromatic N) is 3. The molecule has 0 bridgehead atoms. The van der Waals surface area contributed by atoms with Gasteiger partial charge in [0.05, 0.1) is 18.5 Å². The van der Waals surface area contributed by atoms with Crippen molar-refractivity contribution in [1.29, 1.82) is 0 Å². The molecule has 0 fully saturated rings. The lowest BCUT2D eigenvalue weighted by Gasteiger charge is -2.11. The molecule has 4 aromatic rings. The van der Waals surface area contributed by atoms with Gasteiger partial charge in [-0.15, -0.1) is 0 Å². The standard InChI is InChI=1S/C21H16BrN3O2/c1-2-27-21(26)18-12-23-20-17(15-9-6-10-16(22)11-15)13-24-25(20)19(18)14-7-4-3-5-8-14/h3-13H,2H2,1H3. The van der Waals surface area contributed by atoms with Crippen LogP contribution in [0.25, 0.3) is 28.0 Å². The fraction of sp³-hybridized carbons (Fsp3) is 0.0952. The number of hydrogen-bond donors (Lipinski definition) is 0. The Balaban J connectivity index is 1.98. The maximum Gasteiger partial charge on any atom is 0.341 e. The van der Waals surface area contributed by atoms with Gasteiger partial charge in [0, 0.05) is 21.8 Å². The van der Waals surface area contributed by atoms with Crippen LogP contribution in [0.3, 0.4) is 0 Å². The molecule has 0 saturated heterocycles. The fourth-order valence-electron chi connectivity index (χ4n) is 3.02. The first kappa shape index (κ1) is 17.4. The first-order valence-corrected chi connectivity index (χ1v) is 9.33. The van der Waals surface area contributed by atoms with Crippen molar-refractivity contribution in [3.05, 3.63) is 77.0 Å². The highest BCUT2D eigenvalue weighted by Crippen LogP contribution is 2.30. The molecule has 0 aliphatic rings. The number of ether oxygens (including phenoxy) is 1. The maximum absolute atomic E-state index is 12.5. The summed E-state index contributed by atoms with van der Waals surface area (Å²) in [6.07, 6.45) is 3.34. The lowest BCUT2D eigenvalue weighted by Crippen LogP contribution is -2.11. The number of aromatic nitrogens is 3. The van der Waals surface area contributed by atoms with Crippen LogP contribution in [-0.4, -0.2) is 27.2 Å². The van der Waals surface area contributed by atoms with Gasteiger partial charge in [0.15, 0.2) is 5.65 Å². The van der Waals surface area contributed by atoms with Gasteiger partial charge in [0.25, 0.3) is 0 Å². The van der Waals surface area contributed by atoms with Gasteiger partial charge in [0.1, 0.15) is 5.56 Å². The van der Waals surface area contributed by atoms with E-state index in [4.69, 9.17) is 4.74 Å². The number of carbonyl (C=O) groups is 1. The van der Waals surface area contributed by atoms with Crippen molar-refractivity contribution < 1.29 is 9.53 Å². The normalized spacial score (nSPS) is 10.9. The molecule has 4 rings (SSSR count). The molecule has 0 unspecified atom stereocenters. The van der Waals surface area contributed by atoms with Gasteiger partial charge in [-0.1, -0.05) is 58.4 Å². The van der Waals surface area contributed by atoms with Gasteiger partial charge >= 0.3 is 5.97 Å². The first-order chi connectivity index (χ1) is 13.2. The third-order valence-electron chi connectivity index (χ3n) is 4.20. The summed E-state index contributed by atoms with van der Waals surface area (Å²) in [7, 11) is 0. The molecule has 2 heterocycles. The molecular weight excluding hydrogens is 406 g/mol. The van der Waals surface area contributed by atoms with E-state index in [1.54, 1.807) is 23.8 Å². The fourth-order valence-corrected chi connectivity index (χ4v) is 3.42. The van der Waals surface area contributed by atoms with Crippen LogP contribution in [0.4, 0.5) is 0 Å².